The standard InChI is InChI=1S/C23H26F3N3O4/c1-28(13-21(30)27-18-7-5-4-6-17(18)23(24,25)26)14-22(31)29-9-8-15-10-19(32-2)20(33-3)11-16(15)12-29/h4-7,10-11H,8-9,12-14H2,1-3H3,(H,27,30). The van der Waals surface area contributed by atoms with E-state index in [0.29, 0.717) is 31.0 Å². The second-order valence-corrected chi connectivity index (χ2v) is 7.81. The molecule has 7 nitrogen and oxygen atoms in total. The summed E-state index contributed by atoms with van der Waals surface area (Å²) < 4.78 is 50.0. The Balaban J connectivity index is 1.58. The number of anilines is 1. The van der Waals surface area contributed by atoms with Crippen LogP contribution >= 0.6 is 0 Å². The van der Waals surface area contributed by atoms with Gasteiger partial charge in [0.15, 0.2) is 11.5 Å². The fourth-order valence-electron chi connectivity index (χ4n) is 3.76. The van der Waals surface area contributed by atoms with Gasteiger partial charge < -0.3 is 19.7 Å². The van der Waals surface area contributed by atoms with Crippen molar-refractivity contribution >= 4 is 17.5 Å². The lowest BCUT2D eigenvalue weighted by atomic mass is 9.98. The fraction of sp³-hybridized carbons (Fsp3) is 0.391. The molecule has 0 atom stereocenters. The number of methoxy groups -OCH3 is 2. The van der Waals surface area contributed by atoms with E-state index in [-0.39, 0.29) is 24.7 Å². The summed E-state index contributed by atoms with van der Waals surface area (Å²) in [6, 6.07) is 8.53. The van der Waals surface area contributed by atoms with Crippen molar-refractivity contribution in [1.29, 1.82) is 0 Å². The predicted molar refractivity (Wildman–Crippen MR) is 116 cm³/mol. The molecule has 2 aromatic rings. The molecule has 0 aliphatic carbocycles. The molecule has 3 rings (SSSR count). The molecule has 1 N–H and O–H groups in total. The minimum Gasteiger partial charge on any atom is -0.493 e. The van der Waals surface area contributed by atoms with E-state index in [1.165, 1.54) is 23.1 Å². The van der Waals surface area contributed by atoms with E-state index in [9.17, 15) is 22.8 Å². The number of hydrogen-bond acceptors (Lipinski definition) is 5. The van der Waals surface area contributed by atoms with E-state index in [2.05, 4.69) is 5.32 Å². The second kappa shape index (κ2) is 10.1. The molecule has 0 aromatic heterocycles. The zero-order valence-corrected chi connectivity index (χ0v) is 18.7. The van der Waals surface area contributed by atoms with Crippen molar-refractivity contribution in [2.45, 2.75) is 19.1 Å². The normalized spacial score (nSPS) is 13.5. The van der Waals surface area contributed by atoms with Gasteiger partial charge in [0.2, 0.25) is 11.8 Å². The number of nitrogens with zero attached hydrogens (tertiary/aromatic N) is 2. The van der Waals surface area contributed by atoms with E-state index in [1.807, 2.05) is 12.1 Å². The Kier molecular flexibility index (Phi) is 7.47. The van der Waals surface area contributed by atoms with Crippen LogP contribution in [0.25, 0.3) is 0 Å². The molecular weight excluding hydrogens is 439 g/mol. The lowest BCUT2D eigenvalue weighted by Gasteiger charge is -2.31. The number of hydrogen-bond donors (Lipinski definition) is 1. The Morgan fingerprint density at radius 1 is 1.06 bits per heavy atom. The van der Waals surface area contributed by atoms with Crippen molar-refractivity contribution in [2.75, 3.05) is 46.2 Å². The van der Waals surface area contributed by atoms with Gasteiger partial charge in [-0.25, -0.2) is 0 Å². The van der Waals surface area contributed by atoms with Crippen LogP contribution in [0.15, 0.2) is 36.4 Å². The van der Waals surface area contributed by atoms with Crippen LogP contribution in [-0.4, -0.2) is 62.5 Å². The minimum absolute atomic E-state index is 0.0447. The van der Waals surface area contributed by atoms with E-state index in [4.69, 9.17) is 9.47 Å². The highest BCUT2D eigenvalue weighted by Gasteiger charge is 2.33. The highest BCUT2D eigenvalue weighted by molar-refractivity contribution is 5.93. The first-order valence-corrected chi connectivity index (χ1v) is 10.3. The molecule has 0 radical (unpaired) electrons. The van der Waals surface area contributed by atoms with Gasteiger partial charge in [-0.05, 0) is 48.9 Å². The average molecular weight is 465 g/mol. The average Bonchev–Trinajstić information content (AvgIpc) is 2.77. The smallest absolute Gasteiger partial charge is 0.418 e. The van der Waals surface area contributed by atoms with Crippen LogP contribution in [0.5, 0.6) is 11.5 Å². The summed E-state index contributed by atoms with van der Waals surface area (Å²) in [5, 5.41) is 2.29. The van der Waals surface area contributed by atoms with Crippen LogP contribution in [0.2, 0.25) is 0 Å². The Hall–Kier alpha value is -3.27. The summed E-state index contributed by atoms with van der Waals surface area (Å²) in [4.78, 5) is 28.2. The molecule has 0 saturated heterocycles. The molecule has 0 unspecified atom stereocenters. The summed E-state index contributed by atoms with van der Waals surface area (Å²) in [6.07, 6.45) is -3.93. The van der Waals surface area contributed by atoms with Crippen molar-refractivity contribution < 1.29 is 32.2 Å². The topological polar surface area (TPSA) is 71.1 Å². The molecule has 1 heterocycles. The molecule has 0 bridgehead atoms. The molecule has 2 aromatic carbocycles. The third-order valence-corrected chi connectivity index (χ3v) is 5.40. The first-order chi connectivity index (χ1) is 15.6. The molecule has 2 amide bonds. The first kappa shape index (κ1) is 24.4. The van der Waals surface area contributed by atoms with Gasteiger partial charge in [-0.1, -0.05) is 12.1 Å². The maximum absolute atomic E-state index is 13.1. The van der Waals surface area contributed by atoms with Gasteiger partial charge in [0.05, 0.1) is 38.6 Å². The summed E-state index contributed by atoms with van der Waals surface area (Å²) in [6.45, 7) is 0.637. The van der Waals surface area contributed by atoms with Gasteiger partial charge in [0, 0.05) is 13.1 Å². The summed E-state index contributed by atoms with van der Waals surface area (Å²) >= 11 is 0. The van der Waals surface area contributed by atoms with E-state index >= 15 is 0 Å². The number of carbonyl (C=O) groups excluding carboxylic acids is 2. The van der Waals surface area contributed by atoms with Crippen molar-refractivity contribution in [3.05, 3.63) is 53.1 Å². The van der Waals surface area contributed by atoms with Gasteiger partial charge in [0.1, 0.15) is 0 Å². The zero-order valence-electron chi connectivity index (χ0n) is 18.7. The molecule has 10 heteroatoms. The molecule has 0 fully saturated rings. The Morgan fingerprint density at radius 3 is 2.33 bits per heavy atom. The SMILES string of the molecule is COc1cc2c(cc1OC)CN(C(=O)CN(C)CC(=O)Nc1ccccc1C(F)(F)F)CC2. The monoisotopic (exact) mass is 465 g/mol. The Labute approximate surface area is 190 Å². The van der Waals surface area contributed by atoms with Gasteiger partial charge in [-0.15, -0.1) is 0 Å². The fourth-order valence-corrected chi connectivity index (χ4v) is 3.76. The number of halogens is 3. The summed E-state index contributed by atoms with van der Waals surface area (Å²) in [5.41, 5.74) is 0.798. The van der Waals surface area contributed by atoms with E-state index in [1.54, 1.807) is 26.2 Å². The number of amides is 2. The summed E-state index contributed by atoms with van der Waals surface area (Å²) in [7, 11) is 4.68. The quantitative estimate of drug-likeness (QED) is 0.680. The first-order valence-electron chi connectivity index (χ1n) is 10.3. The highest BCUT2D eigenvalue weighted by atomic mass is 19.4. The predicted octanol–water partition coefficient (Wildman–Crippen LogP) is 3.18. The van der Waals surface area contributed by atoms with Crippen LogP contribution in [0, 0.1) is 0 Å². The van der Waals surface area contributed by atoms with Crippen molar-refractivity contribution in [1.82, 2.24) is 9.80 Å². The number of carbonyl (C=O) groups is 2. The second-order valence-electron chi connectivity index (χ2n) is 7.81. The maximum atomic E-state index is 13.1. The van der Waals surface area contributed by atoms with Gasteiger partial charge in [-0.2, -0.15) is 13.2 Å². The largest absolute Gasteiger partial charge is 0.493 e. The third-order valence-electron chi connectivity index (χ3n) is 5.40. The van der Waals surface area contributed by atoms with Crippen LogP contribution in [0.1, 0.15) is 16.7 Å². The Bertz CT molecular complexity index is 1030. The number of rotatable bonds is 7. The van der Waals surface area contributed by atoms with Crippen LogP contribution < -0.4 is 14.8 Å². The number of nitrogens with one attached hydrogen (secondary N) is 1. The Morgan fingerprint density at radius 2 is 1.70 bits per heavy atom. The third kappa shape index (κ3) is 5.95. The number of alkyl halides is 3. The molecule has 178 valence electrons. The van der Waals surface area contributed by atoms with Gasteiger partial charge in [-0.3, -0.25) is 14.5 Å². The summed E-state index contributed by atoms with van der Waals surface area (Å²) in [5.74, 6) is 0.400. The van der Waals surface area contributed by atoms with Crippen molar-refractivity contribution in [3.8, 4) is 11.5 Å². The van der Waals surface area contributed by atoms with Crippen molar-refractivity contribution in [3.63, 3.8) is 0 Å². The lowest BCUT2D eigenvalue weighted by molar-refractivity contribution is -0.137. The van der Waals surface area contributed by atoms with E-state index < -0.39 is 17.6 Å². The molecule has 1 aliphatic rings. The molecule has 0 spiro atoms. The maximum Gasteiger partial charge on any atom is 0.418 e. The lowest BCUT2D eigenvalue weighted by Crippen LogP contribution is -2.43. The molecule has 1 aliphatic heterocycles. The van der Waals surface area contributed by atoms with Crippen LogP contribution in [-0.2, 0) is 28.7 Å². The van der Waals surface area contributed by atoms with Crippen molar-refractivity contribution in [2.24, 2.45) is 0 Å². The van der Waals surface area contributed by atoms with Gasteiger partial charge in [0.25, 0.3) is 0 Å². The highest BCUT2D eigenvalue weighted by Crippen LogP contribution is 2.35. The van der Waals surface area contributed by atoms with E-state index in [0.717, 1.165) is 17.2 Å². The number of benzene rings is 2. The number of ether oxygens (including phenoxy) is 2. The van der Waals surface area contributed by atoms with Gasteiger partial charge >= 0.3 is 6.18 Å². The minimum atomic E-state index is -4.58. The number of para-hydroxylation sites is 1. The molecular formula is C23H26F3N3O4. The van der Waals surface area contributed by atoms with Crippen LogP contribution in [0.4, 0.5) is 18.9 Å². The molecule has 33 heavy (non-hydrogen) atoms. The van der Waals surface area contributed by atoms with Crippen LogP contribution in [0.3, 0.4) is 0 Å². The number of fused-ring (bicyclic) bond motifs is 1. The molecule has 0 saturated carbocycles. The number of likely N-dealkylation sites (N-methyl/N-ethyl adjacent to an activating group) is 1. The zero-order chi connectivity index (χ0) is 24.2.